The molecule has 0 radical (unpaired) electrons. The number of anilines is 3. The number of nitrogens with zero attached hydrogens (tertiary/aromatic N) is 3. The van der Waals surface area contributed by atoms with Gasteiger partial charge in [0.25, 0.3) is 0 Å². The first-order chi connectivity index (χ1) is 10.2. The number of nitrogens with one attached hydrogen (secondary N) is 1. The number of hydrogen-bond donors (Lipinski definition) is 1. The Kier molecular flexibility index (Phi) is 2.64. The van der Waals surface area contributed by atoms with E-state index in [9.17, 15) is 0 Å². The van der Waals surface area contributed by atoms with Gasteiger partial charge in [0, 0.05) is 43.1 Å². The molecule has 106 valence electrons. The maximum Gasteiger partial charge on any atom is 0.0699 e. The van der Waals surface area contributed by atoms with Crippen molar-refractivity contribution in [1.29, 1.82) is 0 Å². The molecule has 0 aliphatic carbocycles. The fourth-order valence-electron chi connectivity index (χ4n) is 3.03. The van der Waals surface area contributed by atoms with E-state index in [2.05, 4.69) is 58.8 Å². The van der Waals surface area contributed by atoms with Gasteiger partial charge in [-0.05, 0) is 48.4 Å². The summed E-state index contributed by atoms with van der Waals surface area (Å²) in [5, 5.41) is 8.95. The van der Waals surface area contributed by atoms with Gasteiger partial charge in [-0.2, -0.15) is 5.10 Å². The van der Waals surface area contributed by atoms with Gasteiger partial charge in [0.2, 0.25) is 0 Å². The van der Waals surface area contributed by atoms with Crippen LogP contribution in [0.15, 0.2) is 42.6 Å². The van der Waals surface area contributed by atoms with Gasteiger partial charge in [-0.25, -0.2) is 0 Å². The van der Waals surface area contributed by atoms with Crippen molar-refractivity contribution in [3.05, 3.63) is 48.2 Å². The van der Waals surface area contributed by atoms with E-state index in [4.69, 9.17) is 0 Å². The Morgan fingerprint density at radius 1 is 1.05 bits per heavy atom. The van der Waals surface area contributed by atoms with E-state index in [0.29, 0.717) is 0 Å². The van der Waals surface area contributed by atoms with Crippen LogP contribution in [0.4, 0.5) is 17.1 Å². The lowest BCUT2D eigenvalue weighted by Gasteiger charge is -2.13. The molecular formula is C17H18N4. The summed E-state index contributed by atoms with van der Waals surface area (Å²) in [7, 11) is 4.12. The molecule has 4 heteroatoms. The maximum atomic E-state index is 4.28. The monoisotopic (exact) mass is 278 g/mol. The fourth-order valence-corrected chi connectivity index (χ4v) is 3.03. The highest BCUT2D eigenvalue weighted by atomic mass is 15.2. The number of hydrogen-bond acceptors (Lipinski definition) is 3. The Hall–Kier alpha value is -2.49. The average Bonchev–Trinajstić information content (AvgIpc) is 3.03. The highest BCUT2D eigenvalue weighted by Gasteiger charge is 2.15. The van der Waals surface area contributed by atoms with Crippen molar-refractivity contribution in [3.63, 3.8) is 0 Å². The van der Waals surface area contributed by atoms with Gasteiger partial charge in [0.1, 0.15) is 0 Å². The van der Waals surface area contributed by atoms with Crippen LogP contribution in [0.1, 0.15) is 5.56 Å². The predicted octanol–water partition coefficient (Wildman–Crippen LogP) is 3.31. The summed E-state index contributed by atoms with van der Waals surface area (Å²) >= 11 is 0. The van der Waals surface area contributed by atoms with Crippen molar-refractivity contribution < 1.29 is 0 Å². The van der Waals surface area contributed by atoms with Gasteiger partial charge < -0.3 is 10.2 Å². The van der Waals surface area contributed by atoms with E-state index in [1.807, 2.05) is 17.9 Å². The fraction of sp³-hybridized carbons (Fsp3) is 0.235. The Morgan fingerprint density at radius 2 is 1.86 bits per heavy atom. The minimum absolute atomic E-state index is 1.09. The topological polar surface area (TPSA) is 33.1 Å². The van der Waals surface area contributed by atoms with Crippen molar-refractivity contribution in [1.82, 2.24) is 9.78 Å². The first-order valence-corrected chi connectivity index (χ1v) is 7.23. The van der Waals surface area contributed by atoms with Crippen LogP contribution in [0, 0.1) is 0 Å². The Bertz CT molecular complexity index is 819. The van der Waals surface area contributed by atoms with E-state index < -0.39 is 0 Å². The molecule has 0 spiro atoms. The molecule has 0 amide bonds. The molecule has 21 heavy (non-hydrogen) atoms. The summed E-state index contributed by atoms with van der Waals surface area (Å²) in [5.41, 5.74) is 6.15. The summed E-state index contributed by atoms with van der Waals surface area (Å²) < 4.78 is 1.90. The van der Waals surface area contributed by atoms with Crippen LogP contribution in [0.25, 0.3) is 10.9 Å². The Balaban J connectivity index is 1.66. The van der Waals surface area contributed by atoms with Crippen LogP contribution in [-0.2, 0) is 13.5 Å². The molecule has 4 rings (SSSR count). The summed E-state index contributed by atoms with van der Waals surface area (Å²) in [6.07, 6.45) is 3.02. The zero-order chi connectivity index (χ0) is 14.4. The van der Waals surface area contributed by atoms with E-state index >= 15 is 0 Å². The lowest BCUT2D eigenvalue weighted by molar-refractivity contribution is 0.797. The van der Waals surface area contributed by atoms with Crippen LogP contribution in [0.5, 0.6) is 0 Å². The maximum absolute atomic E-state index is 4.28. The molecule has 0 saturated heterocycles. The van der Waals surface area contributed by atoms with E-state index in [-0.39, 0.29) is 0 Å². The number of aryl methyl sites for hydroxylation is 1. The number of fused-ring (bicyclic) bond motifs is 2. The third-order valence-electron chi connectivity index (χ3n) is 4.25. The third-order valence-corrected chi connectivity index (χ3v) is 4.25. The van der Waals surface area contributed by atoms with Gasteiger partial charge in [0.15, 0.2) is 0 Å². The van der Waals surface area contributed by atoms with Crippen molar-refractivity contribution in [3.8, 4) is 0 Å². The van der Waals surface area contributed by atoms with E-state index in [0.717, 1.165) is 29.9 Å². The zero-order valence-corrected chi connectivity index (χ0v) is 12.3. The molecule has 4 nitrogen and oxygen atoms in total. The molecule has 1 N–H and O–H groups in total. The largest absolute Gasteiger partial charge is 0.374 e. The smallest absolute Gasteiger partial charge is 0.0699 e. The number of likely N-dealkylation sites (N-methyl/N-ethyl adjacent to an activating group) is 1. The van der Waals surface area contributed by atoms with Crippen molar-refractivity contribution in [2.24, 2.45) is 7.05 Å². The van der Waals surface area contributed by atoms with Crippen LogP contribution in [0.3, 0.4) is 0 Å². The van der Waals surface area contributed by atoms with Gasteiger partial charge in [-0.3, -0.25) is 4.68 Å². The van der Waals surface area contributed by atoms with Crippen molar-refractivity contribution in [2.75, 3.05) is 23.8 Å². The zero-order valence-electron chi connectivity index (χ0n) is 12.3. The highest BCUT2D eigenvalue weighted by Crippen LogP contribution is 2.30. The Labute approximate surface area is 124 Å². The predicted molar refractivity (Wildman–Crippen MR) is 87.4 cm³/mol. The summed E-state index contributed by atoms with van der Waals surface area (Å²) in [5.74, 6) is 0. The quantitative estimate of drug-likeness (QED) is 0.780. The lowest BCUT2D eigenvalue weighted by Crippen LogP contribution is -2.12. The Morgan fingerprint density at radius 3 is 2.76 bits per heavy atom. The molecule has 1 aliphatic rings. The molecule has 0 bridgehead atoms. The third kappa shape index (κ3) is 2.03. The van der Waals surface area contributed by atoms with Crippen LogP contribution in [0.2, 0.25) is 0 Å². The first-order valence-electron chi connectivity index (χ1n) is 7.23. The first kappa shape index (κ1) is 12.3. The van der Waals surface area contributed by atoms with Crippen LogP contribution >= 0.6 is 0 Å². The van der Waals surface area contributed by atoms with E-state index in [1.54, 1.807) is 0 Å². The van der Waals surface area contributed by atoms with Gasteiger partial charge in [-0.15, -0.1) is 0 Å². The molecule has 0 unspecified atom stereocenters. The molecule has 0 saturated carbocycles. The van der Waals surface area contributed by atoms with Crippen LogP contribution < -0.4 is 10.2 Å². The van der Waals surface area contributed by atoms with Gasteiger partial charge >= 0.3 is 0 Å². The number of aromatic nitrogens is 2. The van der Waals surface area contributed by atoms with Crippen LogP contribution in [-0.4, -0.2) is 23.4 Å². The molecule has 0 atom stereocenters. The van der Waals surface area contributed by atoms with Crippen molar-refractivity contribution >= 4 is 28.0 Å². The molecule has 0 fully saturated rings. The molecule has 1 aliphatic heterocycles. The number of benzene rings is 2. The van der Waals surface area contributed by atoms with E-state index in [1.165, 1.54) is 16.6 Å². The minimum Gasteiger partial charge on any atom is -0.374 e. The van der Waals surface area contributed by atoms with Gasteiger partial charge in [0.05, 0.1) is 11.7 Å². The molecule has 2 heterocycles. The second-order valence-electron chi connectivity index (χ2n) is 5.68. The standard InChI is InChI=1S/C17H18N4/c1-20-8-7-12-9-14(5-6-16(12)20)19-15-4-3-13-11-18-21(2)17(13)10-15/h3-6,9-11,19H,7-8H2,1-2H3. The average molecular weight is 278 g/mol. The number of rotatable bonds is 2. The molecular weight excluding hydrogens is 260 g/mol. The second kappa shape index (κ2) is 4.52. The van der Waals surface area contributed by atoms with Gasteiger partial charge in [-0.1, -0.05) is 0 Å². The van der Waals surface area contributed by atoms with Crippen molar-refractivity contribution in [2.45, 2.75) is 6.42 Å². The second-order valence-corrected chi connectivity index (χ2v) is 5.68. The summed E-state index contributed by atoms with van der Waals surface area (Å²) in [6.45, 7) is 1.11. The summed E-state index contributed by atoms with van der Waals surface area (Å²) in [4.78, 5) is 2.31. The SMILES string of the molecule is CN1CCc2cc(Nc3ccc4cnn(C)c4c3)ccc21. The normalized spacial score (nSPS) is 13.7. The molecule has 2 aromatic carbocycles. The highest BCUT2D eigenvalue weighted by molar-refractivity contribution is 5.83. The molecule has 1 aromatic heterocycles. The minimum atomic E-state index is 1.09. The molecule has 3 aromatic rings. The summed E-state index contributed by atoms with van der Waals surface area (Å²) in [6, 6.07) is 12.9. The lowest BCUT2D eigenvalue weighted by atomic mass is 10.1.